The monoisotopic (exact) mass is 256 g/mol. The second-order valence-electron chi connectivity index (χ2n) is 3.57. The molecule has 18 heavy (non-hydrogen) atoms. The van der Waals surface area contributed by atoms with Crippen LogP contribution in [-0.2, 0) is 4.74 Å². The summed E-state index contributed by atoms with van der Waals surface area (Å²) in [5.41, 5.74) is 2.10. The summed E-state index contributed by atoms with van der Waals surface area (Å²) in [5, 5.41) is 10.9. The van der Waals surface area contributed by atoms with Gasteiger partial charge in [0.25, 0.3) is 0 Å². The van der Waals surface area contributed by atoms with E-state index in [1.165, 1.54) is 0 Å². The number of nitro groups is 1. The second kappa shape index (κ2) is 6.67. The van der Waals surface area contributed by atoms with Crippen molar-refractivity contribution in [3.63, 3.8) is 0 Å². The zero-order valence-electron chi connectivity index (χ0n) is 10.3. The molecule has 0 bridgehead atoms. The Morgan fingerprint density at radius 3 is 2.94 bits per heavy atom. The number of hydrogen-bond acceptors (Lipinski definition) is 8. The maximum Gasteiger partial charge on any atom is 0.329 e. The van der Waals surface area contributed by atoms with Gasteiger partial charge in [-0.15, -0.1) is 0 Å². The van der Waals surface area contributed by atoms with Crippen LogP contribution in [-0.4, -0.2) is 42.2 Å². The highest BCUT2D eigenvalue weighted by atomic mass is 16.6. The van der Waals surface area contributed by atoms with Crippen LogP contribution < -0.4 is 16.2 Å². The Bertz CT molecular complexity index is 413. The van der Waals surface area contributed by atoms with Crippen LogP contribution in [0.15, 0.2) is 6.20 Å². The number of ether oxygens (including phenoxy) is 1. The van der Waals surface area contributed by atoms with Crippen LogP contribution in [0.1, 0.15) is 6.42 Å². The number of rotatable bonds is 7. The number of nitrogens with one attached hydrogen (secondary N) is 1. The largest absolute Gasteiger partial charge is 0.385 e. The molecule has 3 N–H and O–H groups in total. The maximum atomic E-state index is 10.9. The van der Waals surface area contributed by atoms with Gasteiger partial charge in [0.15, 0.2) is 0 Å². The average Bonchev–Trinajstić information content (AvgIpc) is 2.38. The normalized spacial score (nSPS) is 10.2. The molecule has 1 rings (SSSR count). The molecule has 0 saturated carbocycles. The molecule has 0 aliphatic carbocycles. The van der Waals surface area contributed by atoms with Crippen LogP contribution in [0.4, 0.5) is 17.5 Å². The van der Waals surface area contributed by atoms with E-state index in [1.54, 1.807) is 19.1 Å². The first kappa shape index (κ1) is 14.1. The third kappa shape index (κ3) is 3.50. The second-order valence-corrected chi connectivity index (χ2v) is 3.57. The fourth-order valence-corrected chi connectivity index (χ4v) is 1.40. The van der Waals surface area contributed by atoms with Gasteiger partial charge in [-0.1, -0.05) is 0 Å². The van der Waals surface area contributed by atoms with Crippen LogP contribution in [0.5, 0.6) is 0 Å². The van der Waals surface area contributed by atoms with Crippen LogP contribution >= 0.6 is 0 Å². The third-order valence-electron chi connectivity index (χ3n) is 2.28. The Balaban J connectivity index is 2.92. The van der Waals surface area contributed by atoms with E-state index < -0.39 is 4.92 Å². The lowest BCUT2D eigenvalue weighted by Crippen LogP contribution is -2.23. The summed E-state index contributed by atoms with van der Waals surface area (Å²) in [6, 6.07) is 0. The number of hydrogen-bond donors (Lipinski definition) is 2. The molecule has 1 heterocycles. The van der Waals surface area contributed by atoms with Crippen LogP contribution in [0.3, 0.4) is 0 Å². The van der Waals surface area contributed by atoms with Crippen LogP contribution in [0.25, 0.3) is 0 Å². The number of methoxy groups -OCH3 is 1. The van der Waals surface area contributed by atoms with E-state index in [-0.39, 0.29) is 17.5 Å². The molecule has 0 spiro atoms. The minimum atomic E-state index is -0.525. The molecule has 100 valence electrons. The molecule has 1 aromatic heterocycles. The summed E-state index contributed by atoms with van der Waals surface area (Å²) in [6.07, 6.45) is 1.86. The SMILES string of the molecule is COCCCN(C)c1nc(NN)ncc1[N+](=O)[O-]. The van der Waals surface area contributed by atoms with Gasteiger partial charge >= 0.3 is 5.69 Å². The molecule has 0 aliphatic heterocycles. The Morgan fingerprint density at radius 2 is 2.39 bits per heavy atom. The van der Waals surface area contributed by atoms with Crippen molar-refractivity contribution in [1.29, 1.82) is 0 Å². The number of aromatic nitrogens is 2. The van der Waals surface area contributed by atoms with E-state index in [1.807, 2.05) is 0 Å². The average molecular weight is 256 g/mol. The number of anilines is 2. The fourth-order valence-electron chi connectivity index (χ4n) is 1.40. The van der Waals surface area contributed by atoms with Crippen molar-refractivity contribution in [3.05, 3.63) is 16.3 Å². The van der Waals surface area contributed by atoms with Crippen molar-refractivity contribution >= 4 is 17.5 Å². The van der Waals surface area contributed by atoms with Gasteiger partial charge < -0.3 is 9.64 Å². The molecule has 0 aromatic carbocycles. The minimum Gasteiger partial charge on any atom is -0.385 e. The molecular formula is C9H16N6O3. The van der Waals surface area contributed by atoms with Crippen molar-refractivity contribution in [2.45, 2.75) is 6.42 Å². The quantitative estimate of drug-likeness (QED) is 0.306. The van der Waals surface area contributed by atoms with Gasteiger partial charge in [-0.3, -0.25) is 15.5 Å². The van der Waals surface area contributed by atoms with Crippen LogP contribution in [0.2, 0.25) is 0 Å². The summed E-state index contributed by atoms with van der Waals surface area (Å²) < 4.78 is 4.93. The molecule has 0 aliphatic rings. The molecule has 0 fully saturated rings. The maximum absolute atomic E-state index is 10.9. The van der Waals surface area contributed by atoms with Gasteiger partial charge in [-0.25, -0.2) is 10.8 Å². The lowest BCUT2D eigenvalue weighted by molar-refractivity contribution is -0.384. The summed E-state index contributed by atoms with van der Waals surface area (Å²) in [7, 11) is 3.31. The van der Waals surface area contributed by atoms with Crippen molar-refractivity contribution < 1.29 is 9.66 Å². The molecule has 0 saturated heterocycles. The zero-order valence-corrected chi connectivity index (χ0v) is 10.3. The summed E-state index contributed by atoms with van der Waals surface area (Å²) in [4.78, 5) is 19.7. The smallest absolute Gasteiger partial charge is 0.329 e. The van der Waals surface area contributed by atoms with E-state index in [4.69, 9.17) is 10.6 Å². The van der Waals surface area contributed by atoms with Crippen molar-refractivity contribution in [3.8, 4) is 0 Å². The molecule has 1 aromatic rings. The molecule has 9 heteroatoms. The van der Waals surface area contributed by atoms with Crippen LogP contribution in [0, 0.1) is 10.1 Å². The van der Waals surface area contributed by atoms with E-state index in [0.717, 1.165) is 12.6 Å². The van der Waals surface area contributed by atoms with E-state index in [2.05, 4.69) is 15.4 Å². The molecule has 0 atom stereocenters. The predicted octanol–water partition coefficient (Wildman–Crippen LogP) is 0.143. The first-order valence-electron chi connectivity index (χ1n) is 5.28. The van der Waals surface area contributed by atoms with E-state index in [9.17, 15) is 10.1 Å². The lowest BCUT2D eigenvalue weighted by atomic mass is 10.4. The Labute approximate surface area is 104 Å². The van der Waals surface area contributed by atoms with Crippen molar-refractivity contribution in [1.82, 2.24) is 9.97 Å². The van der Waals surface area contributed by atoms with Gasteiger partial charge in [0, 0.05) is 27.3 Å². The molecule has 9 nitrogen and oxygen atoms in total. The fraction of sp³-hybridized carbons (Fsp3) is 0.556. The number of nitrogens with zero attached hydrogens (tertiary/aromatic N) is 4. The molecule has 0 unspecified atom stereocenters. The highest BCUT2D eigenvalue weighted by Crippen LogP contribution is 2.24. The molecule has 0 radical (unpaired) electrons. The standard InChI is InChI=1S/C9H16N6O3/c1-14(4-3-5-18-2)8-7(15(16)17)6-11-9(12-8)13-10/h6H,3-5,10H2,1-2H3,(H,11,12,13). The van der Waals surface area contributed by atoms with Gasteiger partial charge in [-0.2, -0.15) is 4.98 Å². The Kier molecular flexibility index (Phi) is 5.21. The zero-order chi connectivity index (χ0) is 13.5. The van der Waals surface area contributed by atoms with Gasteiger partial charge in [-0.05, 0) is 6.42 Å². The van der Waals surface area contributed by atoms with Gasteiger partial charge in [0.05, 0.1) is 4.92 Å². The third-order valence-corrected chi connectivity index (χ3v) is 2.28. The highest BCUT2D eigenvalue weighted by Gasteiger charge is 2.20. The predicted molar refractivity (Wildman–Crippen MR) is 66.3 cm³/mol. The summed E-state index contributed by atoms with van der Waals surface area (Å²) >= 11 is 0. The Hall–Kier alpha value is -2.00. The minimum absolute atomic E-state index is 0.134. The van der Waals surface area contributed by atoms with E-state index >= 15 is 0 Å². The van der Waals surface area contributed by atoms with Gasteiger partial charge in [0.2, 0.25) is 11.8 Å². The first-order valence-corrected chi connectivity index (χ1v) is 5.28. The first-order chi connectivity index (χ1) is 8.60. The van der Waals surface area contributed by atoms with Gasteiger partial charge in [0.1, 0.15) is 6.20 Å². The summed E-state index contributed by atoms with van der Waals surface area (Å²) in [6.45, 7) is 1.15. The Morgan fingerprint density at radius 1 is 1.67 bits per heavy atom. The van der Waals surface area contributed by atoms with Crippen molar-refractivity contribution in [2.24, 2.45) is 5.84 Å². The number of nitrogens with two attached hydrogens (primary N) is 1. The number of hydrazine groups is 1. The highest BCUT2D eigenvalue weighted by molar-refractivity contribution is 5.58. The summed E-state index contributed by atoms with van der Waals surface area (Å²) in [5.74, 6) is 5.54. The lowest BCUT2D eigenvalue weighted by Gasteiger charge is -2.17. The topological polar surface area (TPSA) is 119 Å². The molecular weight excluding hydrogens is 240 g/mol. The number of nitrogen functional groups attached to an aromatic ring is 1. The van der Waals surface area contributed by atoms with Crippen molar-refractivity contribution in [2.75, 3.05) is 37.6 Å². The van der Waals surface area contributed by atoms with E-state index in [0.29, 0.717) is 13.2 Å². The molecule has 0 amide bonds.